The summed E-state index contributed by atoms with van der Waals surface area (Å²) < 4.78 is 0. The molecule has 1 saturated carbocycles. The van der Waals surface area contributed by atoms with Crippen molar-refractivity contribution in [2.24, 2.45) is 5.92 Å². The van der Waals surface area contributed by atoms with Gasteiger partial charge >= 0.3 is 0 Å². The molecular weight excluding hydrogens is 344 g/mol. The van der Waals surface area contributed by atoms with Crippen LogP contribution in [0.4, 0.5) is 0 Å². The first-order chi connectivity index (χ1) is 12.6. The van der Waals surface area contributed by atoms with E-state index in [9.17, 15) is 9.59 Å². The van der Waals surface area contributed by atoms with Gasteiger partial charge in [-0.15, -0.1) is 11.3 Å². The lowest BCUT2D eigenvalue weighted by molar-refractivity contribution is -0.129. The van der Waals surface area contributed by atoms with Gasteiger partial charge in [0.05, 0.1) is 5.56 Å². The number of amides is 2. The minimum absolute atomic E-state index is 0.178. The summed E-state index contributed by atoms with van der Waals surface area (Å²) in [6.07, 6.45) is 9.60. The maximum Gasteiger partial charge on any atom is 0.254 e. The van der Waals surface area contributed by atoms with Crippen molar-refractivity contribution in [1.82, 2.24) is 9.80 Å². The molecule has 26 heavy (non-hydrogen) atoms. The minimum Gasteiger partial charge on any atom is -0.343 e. The van der Waals surface area contributed by atoms with E-state index in [2.05, 4.69) is 16.3 Å². The summed E-state index contributed by atoms with van der Waals surface area (Å²) in [5.41, 5.74) is 0.894. The lowest BCUT2D eigenvalue weighted by Crippen LogP contribution is -2.49. The zero-order chi connectivity index (χ0) is 18.1. The fourth-order valence-electron chi connectivity index (χ4n) is 5.20. The third kappa shape index (κ3) is 3.55. The van der Waals surface area contributed by atoms with E-state index in [1.807, 2.05) is 4.90 Å². The van der Waals surface area contributed by atoms with Crippen LogP contribution < -0.4 is 0 Å². The summed E-state index contributed by atoms with van der Waals surface area (Å²) in [6.45, 7) is 4.27. The molecule has 3 aliphatic rings. The maximum absolute atomic E-state index is 13.2. The van der Waals surface area contributed by atoms with Gasteiger partial charge in [0.1, 0.15) is 0 Å². The van der Waals surface area contributed by atoms with E-state index in [4.69, 9.17) is 0 Å². The Morgan fingerprint density at radius 2 is 1.73 bits per heavy atom. The van der Waals surface area contributed by atoms with E-state index >= 15 is 0 Å². The van der Waals surface area contributed by atoms with Crippen LogP contribution in [0.3, 0.4) is 0 Å². The molecule has 0 spiro atoms. The van der Waals surface area contributed by atoms with Crippen LogP contribution in [-0.2, 0) is 4.79 Å². The van der Waals surface area contributed by atoms with Crippen molar-refractivity contribution in [1.29, 1.82) is 0 Å². The van der Waals surface area contributed by atoms with Crippen molar-refractivity contribution in [3.8, 4) is 0 Å². The number of piperidine rings is 2. The van der Waals surface area contributed by atoms with Gasteiger partial charge in [0.15, 0.2) is 0 Å². The molecule has 2 saturated heterocycles. The van der Waals surface area contributed by atoms with Gasteiger partial charge < -0.3 is 9.80 Å². The Labute approximate surface area is 160 Å². The zero-order valence-electron chi connectivity index (χ0n) is 15.8. The molecule has 3 heterocycles. The molecule has 2 aliphatic heterocycles. The van der Waals surface area contributed by atoms with Crippen molar-refractivity contribution in [2.75, 3.05) is 19.6 Å². The van der Waals surface area contributed by atoms with Crippen LogP contribution >= 0.6 is 11.3 Å². The molecule has 142 valence electrons. The molecule has 1 aliphatic carbocycles. The summed E-state index contributed by atoms with van der Waals surface area (Å²) in [7, 11) is 0. The van der Waals surface area contributed by atoms with Gasteiger partial charge in [-0.05, 0) is 56.4 Å². The Kier molecular flexibility index (Phi) is 5.35. The van der Waals surface area contributed by atoms with Crippen molar-refractivity contribution in [2.45, 2.75) is 70.3 Å². The predicted octanol–water partition coefficient (Wildman–Crippen LogP) is 4.27. The van der Waals surface area contributed by atoms with Gasteiger partial charge in [-0.2, -0.15) is 0 Å². The third-order valence-electron chi connectivity index (χ3n) is 6.71. The number of hydrogen-bond donors (Lipinski definition) is 0. The Hall–Kier alpha value is -1.36. The van der Waals surface area contributed by atoms with Crippen molar-refractivity contribution >= 4 is 23.2 Å². The molecule has 2 amide bonds. The molecular formula is C21H30N2O2S. The fraction of sp³-hybridized carbons (Fsp3) is 0.714. The molecule has 0 bridgehead atoms. The predicted molar refractivity (Wildman–Crippen MR) is 105 cm³/mol. The first-order valence-corrected chi connectivity index (χ1v) is 11.2. The molecule has 2 atom stereocenters. The van der Waals surface area contributed by atoms with Crippen LogP contribution in [0.5, 0.6) is 0 Å². The number of hydrogen-bond acceptors (Lipinski definition) is 3. The molecule has 1 aromatic heterocycles. The largest absolute Gasteiger partial charge is 0.343 e. The molecule has 5 heteroatoms. The molecule has 1 aromatic rings. The number of nitrogens with zero attached hydrogens (tertiary/aromatic N) is 2. The van der Waals surface area contributed by atoms with E-state index in [0.29, 0.717) is 12.0 Å². The first kappa shape index (κ1) is 18.0. The second-order valence-corrected chi connectivity index (χ2v) is 9.21. The van der Waals surface area contributed by atoms with Crippen molar-refractivity contribution < 1.29 is 9.59 Å². The number of carbonyl (C=O) groups is 2. The molecule has 0 aromatic carbocycles. The van der Waals surface area contributed by atoms with Crippen LogP contribution in [0.25, 0.3) is 0 Å². The van der Waals surface area contributed by atoms with E-state index in [1.165, 1.54) is 37.0 Å². The molecule has 4 nitrogen and oxygen atoms in total. The Morgan fingerprint density at radius 1 is 1.00 bits per heavy atom. The highest BCUT2D eigenvalue weighted by Crippen LogP contribution is 2.37. The number of carbonyl (C=O) groups excluding carboxylic acids is 2. The van der Waals surface area contributed by atoms with Crippen LogP contribution in [0, 0.1) is 5.92 Å². The molecule has 0 radical (unpaired) electrons. The lowest BCUT2D eigenvalue weighted by atomic mass is 9.78. The highest BCUT2D eigenvalue weighted by Gasteiger charge is 2.36. The SMILES string of the molecule is CC(=O)N1CCC(c2cc(C(=O)N3CCCC4CCCCC43)cs2)CC1. The van der Waals surface area contributed by atoms with Crippen LogP contribution in [0.1, 0.15) is 79.4 Å². The molecule has 3 fully saturated rings. The topological polar surface area (TPSA) is 40.6 Å². The highest BCUT2D eigenvalue weighted by molar-refractivity contribution is 7.10. The second-order valence-electron chi connectivity index (χ2n) is 8.27. The summed E-state index contributed by atoms with van der Waals surface area (Å²) in [5.74, 6) is 1.67. The Balaban J connectivity index is 1.42. The average Bonchev–Trinajstić information content (AvgIpc) is 3.17. The van der Waals surface area contributed by atoms with Gasteiger partial charge in [-0.3, -0.25) is 9.59 Å². The molecule has 4 rings (SSSR count). The van der Waals surface area contributed by atoms with E-state index in [1.54, 1.807) is 18.3 Å². The quantitative estimate of drug-likeness (QED) is 0.776. The van der Waals surface area contributed by atoms with Crippen LogP contribution in [0.2, 0.25) is 0 Å². The monoisotopic (exact) mass is 374 g/mol. The molecule has 0 N–H and O–H groups in total. The highest BCUT2D eigenvalue weighted by atomic mass is 32.1. The van der Waals surface area contributed by atoms with Gasteiger partial charge in [0, 0.05) is 42.9 Å². The smallest absolute Gasteiger partial charge is 0.254 e. The van der Waals surface area contributed by atoms with Gasteiger partial charge in [-0.1, -0.05) is 12.8 Å². The Bertz CT molecular complexity index is 661. The number of rotatable bonds is 2. The van der Waals surface area contributed by atoms with Gasteiger partial charge in [0.2, 0.25) is 5.91 Å². The Morgan fingerprint density at radius 3 is 2.50 bits per heavy atom. The summed E-state index contributed by atoms with van der Waals surface area (Å²) in [6, 6.07) is 2.63. The van der Waals surface area contributed by atoms with Gasteiger partial charge in [0.25, 0.3) is 5.91 Å². The summed E-state index contributed by atoms with van der Waals surface area (Å²) in [4.78, 5) is 30.1. The normalized spacial score (nSPS) is 27.3. The maximum atomic E-state index is 13.2. The third-order valence-corrected chi connectivity index (χ3v) is 7.81. The summed E-state index contributed by atoms with van der Waals surface area (Å²) in [5, 5.41) is 2.07. The van der Waals surface area contributed by atoms with Crippen LogP contribution in [0.15, 0.2) is 11.4 Å². The average molecular weight is 375 g/mol. The van der Waals surface area contributed by atoms with Crippen molar-refractivity contribution in [3.05, 3.63) is 21.9 Å². The number of likely N-dealkylation sites (tertiary alicyclic amines) is 2. The standard InChI is InChI=1S/C21H30N2O2S/c1-15(24)22-11-8-17(9-12-22)20-13-18(14-26-20)21(25)23-10-4-6-16-5-2-3-7-19(16)23/h13-14,16-17,19H,2-12H2,1H3. The zero-order valence-corrected chi connectivity index (χ0v) is 16.6. The number of thiophene rings is 1. The van der Waals surface area contributed by atoms with Crippen LogP contribution in [-0.4, -0.2) is 47.3 Å². The summed E-state index contributed by atoms with van der Waals surface area (Å²) >= 11 is 1.74. The van der Waals surface area contributed by atoms with E-state index < -0.39 is 0 Å². The minimum atomic E-state index is 0.178. The van der Waals surface area contributed by atoms with E-state index in [0.717, 1.165) is 50.4 Å². The first-order valence-electron chi connectivity index (χ1n) is 10.3. The molecule has 2 unspecified atom stereocenters. The lowest BCUT2D eigenvalue weighted by Gasteiger charge is -2.44. The number of fused-ring (bicyclic) bond motifs is 1. The fourth-order valence-corrected chi connectivity index (χ4v) is 6.26. The van der Waals surface area contributed by atoms with Crippen molar-refractivity contribution in [3.63, 3.8) is 0 Å². The van der Waals surface area contributed by atoms with Gasteiger partial charge in [-0.25, -0.2) is 0 Å². The second kappa shape index (κ2) is 7.71. The van der Waals surface area contributed by atoms with E-state index in [-0.39, 0.29) is 11.8 Å².